The minimum Gasteiger partial charge on any atom is -0.480 e. The Morgan fingerprint density at radius 2 is 1.22 bits per heavy atom. The Bertz CT molecular complexity index is 979. The summed E-state index contributed by atoms with van der Waals surface area (Å²) in [6, 6.07) is -1.55. The van der Waals surface area contributed by atoms with Crippen molar-refractivity contribution in [1.29, 1.82) is 0 Å². The number of carbonyl (C=O) groups is 3. The maximum atomic E-state index is 12.2. The fraction of sp³-hybridized carbons (Fsp3) is 0.676. The third-order valence-electron chi connectivity index (χ3n) is 6.59. The van der Waals surface area contributed by atoms with Crippen molar-refractivity contribution in [1.82, 2.24) is 5.32 Å². The molecule has 3 unspecified atom stereocenters. The number of unbranched alkanes of at least 4 members (excludes halogenated alkanes) is 8. The molecule has 3 atom stereocenters. The summed E-state index contributed by atoms with van der Waals surface area (Å²) >= 11 is 0. The summed E-state index contributed by atoms with van der Waals surface area (Å²) < 4.78 is 26.1. The van der Waals surface area contributed by atoms with Crippen molar-refractivity contribution in [2.45, 2.75) is 129 Å². The number of amides is 1. The molecule has 0 spiro atoms. The topological polar surface area (TPSA) is 169 Å². The van der Waals surface area contributed by atoms with Crippen molar-refractivity contribution < 1.29 is 47.8 Å². The van der Waals surface area contributed by atoms with Crippen LogP contribution in [0, 0.1) is 0 Å². The molecular formula is C34H58NO10P. The molecule has 0 aromatic heterocycles. The van der Waals surface area contributed by atoms with Gasteiger partial charge in [0, 0.05) is 12.8 Å². The molecule has 0 aromatic carbocycles. The number of phosphoric ester groups is 1. The molecule has 12 heteroatoms. The van der Waals surface area contributed by atoms with Crippen molar-refractivity contribution in [3.63, 3.8) is 0 Å². The number of esters is 1. The van der Waals surface area contributed by atoms with E-state index >= 15 is 0 Å². The highest BCUT2D eigenvalue weighted by Crippen LogP contribution is 2.43. The molecule has 0 aromatic rings. The van der Waals surface area contributed by atoms with E-state index in [0.717, 1.165) is 51.4 Å². The monoisotopic (exact) mass is 671 g/mol. The van der Waals surface area contributed by atoms with Gasteiger partial charge in [0.05, 0.1) is 13.2 Å². The number of aliphatic hydroxyl groups excluding tert-OH is 1. The van der Waals surface area contributed by atoms with E-state index in [2.05, 4.69) is 69.9 Å². The molecule has 0 aliphatic carbocycles. The fourth-order valence-electron chi connectivity index (χ4n) is 3.98. The maximum Gasteiger partial charge on any atom is 0.472 e. The smallest absolute Gasteiger partial charge is 0.472 e. The van der Waals surface area contributed by atoms with Crippen LogP contribution in [-0.2, 0) is 32.7 Å². The molecule has 0 aliphatic heterocycles. The van der Waals surface area contributed by atoms with Crippen LogP contribution in [0.15, 0.2) is 48.6 Å². The van der Waals surface area contributed by atoms with Crippen molar-refractivity contribution >= 4 is 25.7 Å². The molecule has 264 valence electrons. The van der Waals surface area contributed by atoms with Crippen LogP contribution in [0.5, 0.6) is 0 Å². The first kappa shape index (κ1) is 43.4. The number of rotatable bonds is 30. The van der Waals surface area contributed by atoms with Gasteiger partial charge in [-0.25, -0.2) is 9.36 Å². The predicted octanol–water partition coefficient (Wildman–Crippen LogP) is 7.10. The molecule has 1 amide bonds. The summed E-state index contributed by atoms with van der Waals surface area (Å²) in [5.74, 6) is -2.47. The van der Waals surface area contributed by atoms with Gasteiger partial charge in [-0.15, -0.1) is 0 Å². The van der Waals surface area contributed by atoms with Crippen molar-refractivity contribution in [2.24, 2.45) is 0 Å². The van der Waals surface area contributed by atoms with E-state index in [-0.39, 0.29) is 12.8 Å². The Balaban J connectivity index is 3.96. The lowest BCUT2D eigenvalue weighted by molar-refractivity contribution is -0.147. The van der Waals surface area contributed by atoms with Crippen LogP contribution in [0.1, 0.15) is 117 Å². The minimum atomic E-state index is -4.73. The number of phosphoric acid groups is 1. The van der Waals surface area contributed by atoms with Gasteiger partial charge < -0.3 is 25.2 Å². The summed E-state index contributed by atoms with van der Waals surface area (Å²) in [6.07, 6.45) is 30.5. The number of allylic oxidation sites excluding steroid dienone is 8. The van der Waals surface area contributed by atoms with Gasteiger partial charge in [0.15, 0.2) is 6.04 Å². The van der Waals surface area contributed by atoms with Gasteiger partial charge in [0.1, 0.15) is 12.7 Å². The van der Waals surface area contributed by atoms with E-state index < -0.39 is 57.6 Å². The highest BCUT2D eigenvalue weighted by molar-refractivity contribution is 7.47. The number of nitrogens with one attached hydrogen (secondary N) is 1. The van der Waals surface area contributed by atoms with Crippen LogP contribution in [-0.4, -0.2) is 64.9 Å². The highest BCUT2D eigenvalue weighted by atomic mass is 31.2. The molecule has 0 bridgehead atoms. The van der Waals surface area contributed by atoms with E-state index in [1.165, 1.54) is 25.7 Å². The first-order valence-electron chi connectivity index (χ1n) is 16.7. The molecule has 0 rings (SSSR count). The molecule has 11 nitrogen and oxygen atoms in total. The van der Waals surface area contributed by atoms with E-state index in [4.69, 9.17) is 4.74 Å². The zero-order valence-corrected chi connectivity index (χ0v) is 28.7. The largest absolute Gasteiger partial charge is 0.480 e. The van der Waals surface area contributed by atoms with Crippen LogP contribution < -0.4 is 5.32 Å². The van der Waals surface area contributed by atoms with Crippen molar-refractivity contribution in [3.05, 3.63) is 48.6 Å². The molecule has 0 radical (unpaired) electrons. The Kier molecular flexibility index (Phi) is 28.2. The molecule has 0 saturated heterocycles. The number of carboxylic acids is 1. The minimum absolute atomic E-state index is 0.122. The Labute approximate surface area is 275 Å². The molecule has 0 heterocycles. The molecule has 46 heavy (non-hydrogen) atoms. The summed E-state index contributed by atoms with van der Waals surface area (Å²) in [5.41, 5.74) is 0. The number of carboxylic acid groups (broad SMARTS) is 1. The molecule has 0 saturated carbocycles. The lowest BCUT2D eigenvalue weighted by Gasteiger charge is -2.18. The second kappa shape index (κ2) is 29.8. The standard InChI is InChI=1S/C34H58NO10P/c1-3-5-6-7-8-9-10-11-12-13-14-15-16-17-18-19-20-21-22-23-24-26-32(37)35-31(34(39)40)29-45-46(41,42)44-28-30(36)27-43-33(38)25-4-2/h8-9,11-12,14-15,17-18,30-31,36H,3-7,10,13,16,19-29H2,1-2H3,(H,35,37)(H,39,40)(H,41,42)/b9-8-,12-11-,15-14-,18-17-. The van der Waals surface area contributed by atoms with E-state index in [9.17, 15) is 34.1 Å². The van der Waals surface area contributed by atoms with Gasteiger partial charge in [-0.3, -0.25) is 18.6 Å². The molecule has 4 N–H and O–H groups in total. The van der Waals surface area contributed by atoms with Crippen LogP contribution in [0.25, 0.3) is 0 Å². The number of aliphatic carboxylic acids is 1. The highest BCUT2D eigenvalue weighted by Gasteiger charge is 2.28. The summed E-state index contributed by atoms with van der Waals surface area (Å²) in [7, 11) is -4.73. The number of carbonyl (C=O) groups excluding carboxylic acids is 2. The second-order valence-corrected chi connectivity index (χ2v) is 12.5. The first-order chi connectivity index (χ1) is 22.1. The third kappa shape index (κ3) is 28.9. The van der Waals surface area contributed by atoms with Crippen LogP contribution >= 0.6 is 7.82 Å². The quantitative estimate of drug-likeness (QED) is 0.0267. The molecule has 0 fully saturated rings. The zero-order chi connectivity index (χ0) is 34.3. The molecule has 0 aliphatic rings. The average molecular weight is 672 g/mol. The third-order valence-corrected chi connectivity index (χ3v) is 7.54. The van der Waals surface area contributed by atoms with Crippen LogP contribution in [0.3, 0.4) is 0 Å². The number of aliphatic hydroxyl groups is 1. The van der Waals surface area contributed by atoms with Gasteiger partial charge in [0.2, 0.25) is 5.91 Å². The van der Waals surface area contributed by atoms with Crippen molar-refractivity contribution in [3.8, 4) is 0 Å². The Morgan fingerprint density at radius 1 is 0.696 bits per heavy atom. The SMILES string of the molecule is CCCCC/C=C\C/C=C\C/C=C\C/C=C\CCCCCCCC(=O)NC(COP(=O)(O)OCC(O)COC(=O)CCC)C(=O)O. The van der Waals surface area contributed by atoms with Gasteiger partial charge in [-0.2, -0.15) is 0 Å². The van der Waals surface area contributed by atoms with Crippen LogP contribution in [0.2, 0.25) is 0 Å². The summed E-state index contributed by atoms with van der Waals surface area (Å²) in [4.78, 5) is 44.7. The predicted molar refractivity (Wildman–Crippen MR) is 180 cm³/mol. The maximum absolute atomic E-state index is 12.2. The average Bonchev–Trinajstić information content (AvgIpc) is 3.01. The van der Waals surface area contributed by atoms with Gasteiger partial charge in [-0.05, 0) is 57.8 Å². The van der Waals surface area contributed by atoms with Crippen molar-refractivity contribution in [2.75, 3.05) is 19.8 Å². The number of ether oxygens (including phenoxy) is 1. The number of hydrogen-bond acceptors (Lipinski definition) is 8. The van der Waals surface area contributed by atoms with E-state index in [1.807, 2.05) is 0 Å². The summed E-state index contributed by atoms with van der Waals surface area (Å²) in [5, 5.41) is 21.3. The van der Waals surface area contributed by atoms with Gasteiger partial charge >= 0.3 is 19.8 Å². The normalized spacial score (nSPS) is 14.7. The lowest BCUT2D eigenvalue weighted by Crippen LogP contribution is -2.43. The Hall–Kier alpha value is -2.56. The number of hydrogen-bond donors (Lipinski definition) is 4. The zero-order valence-electron chi connectivity index (χ0n) is 27.9. The van der Waals surface area contributed by atoms with Gasteiger partial charge in [-0.1, -0.05) is 94.6 Å². The van der Waals surface area contributed by atoms with E-state index in [0.29, 0.717) is 12.8 Å². The van der Waals surface area contributed by atoms with Crippen LogP contribution in [0.4, 0.5) is 0 Å². The lowest BCUT2D eigenvalue weighted by atomic mass is 10.1. The summed E-state index contributed by atoms with van der Waals surface area (Å²) in [6.45, 7) is 2.08. The Morgan fingerprint density at radius 3 is 1.78 bits per heavy atom. The molecular weight excluding hydrogens is 613 g/mol. The second-order valence-electron chi connectivity index (χ2n) is 11.0. The first-order valence-corrected chi connectivity index (χ1v) is 18.2. The van der Waals surface area contributed by atoms with Gasteiger partial charge in [0.25, 0.3) is 0 Å². The van der Waals surface area contributed by atoms with E-state index in [1.54, 1.807) is 6.92 Å². The fourth-order valence-corrected chi connectivity index (χ4v) is 4.75.